The van der Waals surface area contributed by atoms with Gasteiger partial charge in [0.25, 0.3) is 0 Å². The summed E-state index contributed by atoms with van der Waals surface area (Å²) in [5, 5.41) is 7.84. The number of nitrogens with zero attached hydrogens (tertiary/aromatic N) is 3. The van der Waals surface area contributed by atoms with Crippen molar-refractivity contribution in [2.45, 2.75) is 39.0 Å². The maximum Gasteiger partial charge on any atom is 0.200 e. The van der Waals surface area contributed by atoms with Crippen LogP contribution in [0.3, 0.4) is 0 Å². The van der Waals surface area contributed by atoms with Crippen LogP contribution in [0.4, 0.5) is 0 Å². The molecule has 2 aromatic rings. The van der Waals surface area contributed by atoms with Crippen molar-refractivity contribution in [1.29, 1.82) is 0 Å². The van der Waals surface area contributed by atoms with E-state index in [1.165, 1.54) is 25.7 Å². The van der Waals surface area contributed by atoms with Gasteiger partial charge in [-0.1, -0.05) is 38.7 Å². The Morgan fingerprint density at radius 2 is 2.06 bits per heavy atom. The van der Waals surface area contributed by atoms with Crippen molar-refractivity contribution in [2.24, 2.45) is 0 Å². The highest BCUT2D eigenvalue weighted by Crippen LogP contribution is 2.13. The molecule has 4 nitrogen and oxygen atoms in total. The molecule has 0 saturated heterocycles. The highest BCUT2D eigenvalue weighted by molar-refractivity contribution is 5.39. The first kappa shape index (κ1) is 11.9. The molecule has 0 amide bonds. The molecule has 0 bridgehead atoms. The normalized spacial score (nSPS) is 10.9. The number of hydrogen-bond acceptors (Lipinski definition) is 3. The molecule has 0 fully saturated rings. The van der Waals surface area contributed by atoms with Crippen LogP contribution in [0.5, 0.6) is 5.88 Å². The Kier molecular flexibility index (Phi) is 4.36. The third-order valence-electron chi connectivity index (χ3n) is 2.79. The lowest BCUT2D eigenvalue weighted by Gasteiger charge is -2.07. The van der Waals surface area contributed by atoms with Gasteiger partial charge >= 0.3 is 0 Å². The highest BCUT2D eigenvalue weighted by atomic mass is 16.5. The molecule has 4 heteroatoms. The molecule has 0 spiro atoms. The minimum atomic E-state index is 0.765. The van der Waals surface area contributed by atoms with Crippen LogP contribution >= 0.6 is 0 Å². The van der Waals surface area contributed by atoms with Crippen molar-refractivity contribution in [3.63, 3.8) is 0 Å². The Hall–Kier alpha value is -1.58. The monoisotopic (exact) mass is 233 g/mol. The van der Waals surface area contributed by atoms with Crippen molar-refractivity contribution < 1.29 is 4.74 Å². The van der Waals surface area contributed by atoms with Gasteiger partial charge in [-0.25, -0.2) is 0 Å². The largest absolute Gasteiger partial charge is 0.479 e. The van der Waals surface area contributed by atoms with Gasteiger partial charge in [-0.2, -0.15) is 0 Å². The molecule has 17 heavy (non-hydrogen) atoms. The fourth-order valence-corrected chi connectivity index (χ4v) is 1.82. The lowest BCUT2D eigenvalue weighted by molar-refractivity contribution is 0.290. The fraction of sp³-hybridized carbons (Fsp3) is 0.538. The first-order valence-corrected chi connectivity index (χ1v) is 6.33. The van der Waals surface area contributed by atoms with E-state index < -0.39 is 0 Å². The summed E-state index contributed by atoms with van der Waals surface area (Å²) in [5.74, 6) is 0.822. The predicted octanol–water partition coefficient (Wildman–Crippen LogP) is 3.08. The van der Waals surface area contributed by atoms with Gasteiger partial charge in [0.1, 0.15) is 6.33 Å². The molecule has 2 rings (SSSR count). The molecule has 0 atom stereocenters. The molecule has 0 unspecified atom stereocenters. The van der Waals surface area contributed by atoms with Crippen LogP contribution in [0, 0.1) is 0 Å². The standard InChI is InChI=1S/C13H19N3O/c1-2-3-4-5-6-10-17-13-9-7-8-12-15-14-11-16(12)13/h7-9,11H,2-6,10H2,1H3. The minimum absolute atomic E-state index is 0.765. The summed E-state index contributed by atoms with van der Waals surface area (Å²) < 4.78 is 7.61. The minimum Gasteiger partial charge on any atom is -0.479 e. The van der Waals surface area contributed by atoms with E-state index in [0.29, 0.717) is 0 Å². The van der Waals surface area contributed by atoms with E-state index in [9.17, 15) is 0 Å². The molecule has 0 aliphatic carbocycles. The van der Waals surface area contributed by atoms with Crippen molar-refractivity contribution >= 4 is 5.65 Å². The van der Waals surface area contributed by atoms with Crippen molar-refractivity contribution in [3.8, 4) is 5.88 Å². The molecule has 0 aliphatic rings. The smallest absolute Gasteiger partial charge is 0.200 e. The summed E-state index contributed by atoms with van der Waals surface area (Å²) in [6, 6.07) is 5.81. The van der Waals surface area contributed by atoms with Crippen LogP contribution in [-0.2, 0) is 0 Å². The highest BCUT2D eigenvalue weighted by Gasteiger charge is 2.01. The SMILES string of the molecule is CCCCCCCOc1cccc2nncn12. The average molecular weight is 233 g/mol. The van der Waals surface area contributed by atoms with E-state index in [1.54, 1.807) is 6.33 Å². The molecular formula is C13H19N3O. The number of fused-ring (bicyclic) bond motifs is 1. The number of hydrogen-bond donors (Lipinski definition) is 0. The van der Waals surface area contributed by atoms with Gasteiger partial charge < -0.3 is 4.74 Å². The zero-order valence-corrected chi connectivity index (χ0v) is 10.3. The first-order valence-electron chi connectivity index (χ1n) is 6.33. The number of aromatic nitrogens is 3. The molecule has 2 heterocycles. The number of pyridine rings is 1. The van der Waals surface area contributed by atoms with Gasteiger partial charge in [0.2, 0.25) is 5.88 Å². The Morgan fingerprint density at radius 3 is 2.94 bits per heavy atom. The summed E-state index contributed by atoms with van der Waals surface area (Å²) in [6.45, 7) is 2.99. The van der Waals surface area contributed by atoms with Crippen molar-refractivity contribution in [3.05, 3.63) is 24.5 Å². The second-order valence-corrected chi connectivity index (χ2v) is 4.19. The lowest BCUT2D eigenvalue weighted by Crippen LogP contribution is -2.01. The molecule has 0 N–H and O–H groups in total. The van der Waals surface area contributed by atoms with Crippen molar-refractivity contribution in [2.75, 3.05) is 6.61 Å². The van der Waals surface area contributed by atoms with Gasteiger partial charge in [0, 0.05) is 0 Å². The predicted molar refractivity (Wildman–Crippen MR) is 67.2 cm³/mol. The quantitative estimate of drug-likeness (QED) is 0.690. The molecule has 0 aliphatic heterocycles. The van der Waals surface area contributed by atoms with Crippen LogP contribution in [-0.4, -0.2) is 21.2 Å². The van der Waals surface area contributed by atoms with E-state index >= 15 is 0 Å². The van der Waals surface area contributed by atoms with Gasteiger partial charge in [0.05, 0.1) is 6.61 Å². The third-order valence-corrected chi connectivity index (χ3v) is 2.79. The van der Waals surface area contributed by atoms with Crippen LogP contribution < -0.4 is 4.74 Å². The Balaban J connectivity index is 1.80. The Labute approximate surface area is 102 Å². The average Bonchev–Trinajstić information content (AvgIpc) is 2.82. The summed E-state index contributed by atoms with van der Waals surface area (Å²) in [4.78, 5) is 0. The zero-order chi connectivity index (χ0) is 11.9. The Bertz CT molecular complexity index is 453. The molecule has 92 valence electrons. The van der Waals surface area contributed by atoms with E-state index in [-0.39, 0.29) is 0 Å². The fourth-order valence-electron chi connectivity index (χ4n) is 1.82. The zero-order valence-electron chi connectivity index (χ0n) is 10.3. The van der Waals surface area contributed by atoms with E-state index in [0.717, 1.165) is 24.6 Å². The molecule has 2 aromatic heterocycles. The van der Waals surface area contributed by atoms with E-state index in [4.69, 9.17) is 4.74 Å². The van der Waals surface area contributed by atoms with Gasteiger partial charge in [-0.15, -0.1) is 10.2 Å². The molecule has 0 radical (unpaired) electrons. The Morgan fingerprint density at radius 1 is 1.18 bits per heavy atom. The van der Waals surface area contributed by atoms with Crippen LogP contribution in [0.15, 0.2) is 24.5 Å². The van der Waals surface area contributed by atoms with Crippen molar-refractivity contribution in [1.82, 2.24) is 14.6 Å². The molecular weight excluding hydrogens is 214 g/mol. The maximum absolute atomic E-state index is 5.74. The van der Waals surface area contributed by atoms with Crippen LogP contribution in [0.1, 0.15) is 39.0 Å². The van der Waals surface area contributed by atoms with Gasteiger partial charge in [-0.3, -0.25) is 4.40 Å². The number of rotatable bonds is 7. The van der Waals surface area contributed by atoms with Gasteiger partial charge in [0.15, 0.2) is 5.65 Å². The first-order chi connectivity index (χ1) is 8.42. The second kappa shape index (κ2) is 6.23. The summed E-state index contributed by atoms with van der Waals surface area (Å²) in [7, 11) is 0. The molecule has 0 saturated carbocycles. The summed E-state index contributed by atoms with van der Waals surface area (Å²) in [5.41, 5.74) is 0.827. The number of unbranched alkanes of at least 4 members (excludes halogenated alkanes) is 4. The van der Waals surface area contributed by atoms with Gasteiger partial charge in [-0.05, 0) is 18.6 Å². The third kappa shape index (κ3) is 3.19. The second-order valence-electron chi connectivity index (χ2n) is 4.19. The van der Waals surface area contributed by atoms with Crippen LogP contribution in [0.2, 0.25) is 0 Å². The lowest BCUT2D eigenvalue weighted by atomic mass is 10.2. The topological polar surface area (TPSA) is 39.4 Å². The summed E-state index contributed by atoms with van der Waals surface area (Å²) >= 11 is 0. The molecule has 0 aromatic carbocycles. The summed E-state index contributed by atoms with van der Waals surface area (Å²) in [6.07, 6.45) is 7.94. The van der Waals surface area contributed by atoms with E-state index in [1.807, 2.05) is 22.6 Å². The van der Waals surface area contributed by atoms with E-state index in [2.05, 4.69) is 17.1 Å². The van der Waals surface area contributed by atoms with Crippen LogP contribution in [0.25, 0.3) is 5.65 Å². The maximum atomic E-state index is 5.74. The number of ether oxygens (including phenoxy) is 1.